The van der Waals surface area contributed by atoms with Crippen LogP contribution in [0.5, 0.6) is 0 Å². The molecule has 1 nitrogen and oxygen atoms in total. The lowest BCUT2D eigenvalue weighted by molar-refractivity contribution is 0.112. The zero-order valence-corrected chi connectivity index (χ0v) is 8.75. The molecule has 2 heteroatoms. The zero-order chi connectivity index (χ0) is 10.3. The molecule has 2 aromatic carbocycles. The van der Waals surface area contributed by atoms with Gasteiger partial charge in [-0.2, -0.15) is 0 Å². The first-order chi connectivity index (χ1) is 7.40. The van der Waals surface area contributed by atoms with Crippen LogP contribution in [0.25, 0.3) is 20.9 Å². The first-order valence-corrected chi connectivity index (χ1v) is 5.62. The van der Waals surface area contributed by atoms with Gasteiger partial charge in [-0.05, 0) is 33.7 Å². The minimum atomic E-state index is 0.818. The van der Waals surface area contributed by atoms with Gasteiger partial charge in [-0.25, -0.2) is 0 Å². The van der Waals surface area contributed by atoms with Crippen LogP contribution in [0.1, 0.15) is 10.4 Å². The number of carbonyl (C=O) groups excluding carboxylic acids is 1. The number of hydrogen-bond acceptors (Lipinski definition) is 2. The van der Waals surface area contributed by atoms with Crippen LogP contribution in [0.3, 0.4) is 0 Å². The molecule has 0 atom stereocenters. The maximum absolute atomic E-state index is 11.1. The van der Waals surface area contributed by atoms with Gasteiger partial charge in [0.2, 0.25) is 0 Å². The smallest absolute Gasteiger partial charge is 0.152 e. The fourth-order valence-corrected chi connectivity index (χ4v) is 2.83. The van der Waals surface area contributed by atoms with Crippen LogP contribution >= 0.6 is 11.3 Å². The molecule has 3 aromatic rings. The SMILES string of the molecule is O=Cc1c2ccccc2cc2ccsc12. The molecule has 0 aliphatic carbocycles. The Bertz CT molecular complexity index is 652. The molecule has 0 N–H and O–H groups in total. The van der Waals surface area contributed by atoms with Crippen LogP contribution in [0.15, 0.2) is 41.8 Å². The predicted octanol–water partition coefficient (Wildman–Crippen LogP) is 3.87. The van der Waals surface area contributed by atoms with E-state index in [-0.39, 0.29) is 0 Å². The number of rotatable bonds is 1. The van der Waals surface area contributed by atoms with E-state index >= 15 is 0 Å². The Morgan fingerprint density at radius 2 is 1.93 bits per heavy atom. The highest BCUT2D eigenvalue weighted by Gasteiger charge is 2.06. The summed E-state index contributed by atoms with van der Waals surface area (Å²) in [5.41, 5.74) is 0.818. The number of thiophene rings is 1. The van der Waals surface area contributed by atoms with Crippen LogP contribution in [0, 0.1) is 0 Å². The molecule has 72 valence electrons. The largest absolute Gasteiger partial charge is 0.298 e. The molecule has 0 unspecified atom stereocenters. The average molecular weight is 212 g/mol. The van der Waals surface area contributed by atoms with Crippen LogP contribution in [-0.2, 0) is 0 Å². The molecule has 0 spiro atoms. The number of hydrogen-bond donors (Lipinski definition) is 0. The van der Waals surface area contributed by atoms with Gasteiger partial charge in [-0.1, -0.05) is 24.3 Å². The molecule has 0 fully saturated rings. The van der Waals surface area contributed by atoms with Gasteiger partial charge in [-0.15, -0.1) is 11.3 Å². The monoisotopic (exact) mass is 212 g/mol. The molecule has 1 aromatic heterocycles. The Morgan fingerprint density at radius 3 is 2.80 bits per heavy atom. The lowest BCUT2D eigenvalue weighted by Crippen LogP contribution is -1.83. The fraction of sp³-hybridized carbons (Fsp3) is 0. The van der Waals surface area contributed by atoms with Crippen molar-refractivity contribution in [3.05, 3.63) is 47.3 Å². The molecule has 0 amide bonds. The maximum Gasteiger partial charge on any atom is 0.152 e. The van der Waals surface area contributed by atoms with Gasteiger partial charge >= 0.3 is 0 Å². The van der Waals surface area contributed by atoms with E-state index in [9.17, 15) is 4.79 Å². The third-order valence-corrected chi connectivity index (χ3v) is 3.58. The minimum absolute atomic E-state index is 0.818. The summed E-state index contributed by atoms with van der Waals surface area (Å²) in [6, 6.07) is 12.2. The topological polar surface area (TPSA) is 17.1 Å². The van der Waals surface area contributed by atoms with E-state index in [1.807, 2.05) is 29.6 Å². The Morgan fingerprint density at radius 1 is 1.07 bits per heavy atom. The molecule has 0 bridgehead atoms. The molecule has 1 heterocycles. The standard InChI is InChI=1S/C13H8OS/c14-8-12-11-4-2-1-3-9(11)7-10-5-6-15-13(10)12/h1-8H. The molecule has 3 rings (SSSR count). The molecule has 0 radical (unpaired) electrons. The second-order valence-corrected chi connectivity index (χ2v) is 4.38. The summed E-state index contributed by atoms with van der Waals surface area (Å²) >= 11 is 1.62. The van der Waals surface area contributed by atoms with Crippen molar-refractivity contribution in [3.63, 3.8) is 0 Å². The van der Waals surface area contributed by atoms with Crippen molar-refractivity contribution in [2.75, 3.05) is 0 Å². The van der Waals surface area contributed by atoms with Gasteiger partial charge in [0, 0.05) is 10.3 Å². The third-order valence-electron chi connectivity index (χ3n) is 2.62. The van der Waals surface area contributed by atoms with Gasteiger partial charge in [0.25, 0.3) is 0 Å². The Hall–Kier alpha value is -1.67. The zero-order valence-electron chi connectivity index (χ0n) is 7.94. The highest BCUT2D eigenvalue weighted by atomic mass is 32.1. The van der Waals surface area contributed by atoms with Gasteiger partial charge < -0.3 is 0 Å². The van der Waals surface area contributed by atoms with E-state index in [0.29, 0.717) is 0 Å². The van der Waals surface area contributed by atoms with Crippen molar-refractivity contribution in [3.8, 4) is 0 Å². The lowest BCUT2D eigenvalue weighted by Gasteiger charge is -2.02. The van der Waals surface area contributed by atoms with Crippen molar-refractivity contribution in [1.29, 1.82) is 0 Å². The number of carbonyl (C=O) groups is 1. The van der Waals surface area contributed by atoms with Crippen molar-refractivity contribution < 1.29 is 4.79 Å². The Labute approximate surface area is 91.0 Å². The van der Waals surface area contributed by atoms with E-state index in [4.69, 9.17) is 0 Å². The predicted molar refractivity (Wildman–Crippen MR) is 64.7 cm³/mol. The van der Waals surface area contributed by atoms with E-state index in [1.165, 1.54) is 0 Å². The first kappa shape index (κ1) is 8.62. The van der Waals surface area contributed by atoms with E-state index in [2.05, 4.69) is 12.1 Å². The fourth-order valence-electron chi connectivity index (χ4n) is 1.93. The van der Waals surface area contributed by atoms with Crippen LogP contribution in [0.4, 0.5) is 0 Å². The van der Waals surface area contributed by atoms with Crippen LogP contribution in [-0.4, -0.2) is 6.29 Å². The molecular formula is C13H8OS. The summed E-state index contributed by atoms with van der Waals surface area (Å²) in [6.45, 7) is 0. The van der Waals surface area contributed by atoms with Crippen molar-refractivity contribution in [2.45, 2.75) is 0 Å². The van der Waals surface area contributed by atoms with Gasteiger partial charge in [0.1, 0.15) is 0 Å². The van der Waals surface area contributed by atoms with Crippen LogP contribution in [0.2, 0.25) is 0 Å². The van der Waals surface area contributed by atoms with E-state index < -0.39 is 0 Å². The van der Waals surface area contributed by atoms with Crippen molar-refractivity contribution in [1.82, 2.24) is 0 Å². The van der Waals surface area contributed by atoms with Gasteiger partial charge in [-0.3, -0.25) is 4.79 Å². The highest BCUT2D eigenvalue weighted by molar-refractivity contribution is 7.17. The minimum Gasteiger partial charge on any atom is -0.298 e. The number of aldehydes is 1. The Kier molecular flexibility index (Phi) is 1.82. The lowest BCUT2D eigenvalue weighted by atomic mass is 10.0. The normalized spacial score (nSPS) is 10.9. The summed E-state index contributed by atoms with van der Waals surface area (Å²) in [7, 11) is 0. The van der Waals surface area contributed by atoms with E-state index in [0.717, 1.165) is 32.7 Å². The quantitative estimate of drug-likeness (QED) is 0.560. The molecule has 0 saturated heterocycles. The van der Waals surface area contributed by atoms with Crippen molar-refractivity contribution in [2.24, 2.45) is 0 Å². The maximum atomic E-state index is 11.1. The summed E-state index contributed by atoms with van der Waals surface area (Å²) in [6.07, 6.45) is 0.959. The Balaban J connectivity index is 2.63. The first-order valence-electron chi connectivity index (χ1n) is 4.74. The highest BCUT2D eigenvalue weighted by Crippen LogP contribution is 2.30. The second kappa shape index (κ2) is 3.17. The summed E-state index contributed by atoms with van der Waals surface area (Å²) < 4.78 is 1.09. The molecule has 0 aliphatic rings. The molecule has 0 saturated carbocycles. The summed E-state index contributed by atoms with van der Waals surface area (Å²) in [4.78, 5) is 11.1. The average Bonchev–Trinajstić information content (AvgIpc) is 2.73. The molecule has 0 aliphatic heterocycles. The number of benzene rings is 2. The van der Waals surface area contributed by atoms with Gasteiger partial charge in [0.05, 0.1) is 0 Å². The second-order valence-electron chi connectivity index (χ2n) is 3.47. The summed E-state index contributed by atoms with van der Waals surface area (Å²) in [5, 5.41) is 5.35. The molecular weight excluding hydrogens is 204 g/mol. The third kappa shape index (κ3) is 1.18. The van der Waals surface area contributed by atoms with Crippen molar-refractivity contribution >= 4 is 38.5 Å². The van der Waals surface area contributed by atoms with Crippen LogP contribution < -0.4 is 0 Å². The van der Waals surface area contributed by atoms with Gasteiger partial charge in [0.15, 0.2) is 6.29 Å². The van der Waals surface area contributed by atoms with E-state index in [1.54, 1.807) is 11.3 Å². The number of fused-ring (bicyclic) bond motifs is 2. The summed E-state index contributed by atoms with van der Waals surface area (Å²) in [5.74, 6) is 0. The molecule has 15 heavy (non-hydrogen) atoms.